The van der Waals surface area contributed by atoms with Crippen molar-refractivity contribution in [3.8, 4) is 17.2 Å². The number of amides is 1. The molecule has 1 amide bonds. The first-order chi connectivity index (χ1) is 12.5. The zero-order valence-electron chi connectivity index (χ0n) is 13.9. The zero-order chi connectivity index (χ0) is 18.5. The number of aliphatic carboxylic acids is 1. The summed E-state index contributed by atoms with van der Waals surface area (Å²) in [6.07, 6.45) is 0. The summed E-state index contributed by atoms with van der Waals surface area (Å²) in [4.78, 5) is 22.7. The first-order valence-electron chi connectivity index (χ1n) is 7.70. The standard InChI is InChI=1S/C18H16N2O6/c1-11(12-3-2-4-14(7-12)24-9-17(21)22)19-20-18(23)13-5-6-15-16(8-13)26-10-25-15/h2-8H,9-10H2,1H3,(H,20,23)(H,21,22)/p-1/b19-11-. The van der Waals surface area contributed by atoms with Crippen LogP contribution in [-0.4, -0.2) is 31.0 Å². The number of benzene rings is 2. The average molecular weight is 355 g/mol. The number of hydrogen-bond acceptors (Lipinski definition) is 7. The third-order valence-electron chi connectivity index (χ3n) is 3.57. The lowest BCUT2D eigenvalue weighted by Crippen LogP contribution is -2.28. The van der Waals surface area contributed by atoms with Gasteiger partial charge in [0.25, 0.3) is 5.91 Å². The lowest BCUT2D eigenvalue weighted by molar-refractivity contribution is -0.307. The molecule has 1 aliphatic rings. The van der Waals surface area contributed by atoms with Crippen molar-refractivity contribution in [3.05, 3.63) is 53.6 Å². The molecular formula is C18H15N2O6-. The third-order valence-corrected chi connectivity index (χ3v) is 3.57. The predicted octanol–water partition coefficient (Wildman–Crippen LogP) is 0.698. The van der Waals surface area contributed by atoms with Crippen molar-refractivity contribution in [1.29, 1.82) is 0 Å². The summed E-state index contributed by atoms with van der Waals surface area (Å²) in [5.41, 5.74) is 4.05. The fourth-order valence-electron chi connectivity index (χ4n) is 2.25. The van der Waals surface area contributed by atoms with Crippen LogP contribution in [0.3, 0.4) is 0 Å². The molecule has 8 nitrogen and oxygen atoms in total. The van der Waals surface area contributed by atoms with Gasteiger partial charge < -0.3 is 24.1 Å². The quantitative estimate of drug-likeness (QED) is 0.603. The monoisotopic (exact) mass is 355 g/mol. The average Bonchev–Trinajstić information content (AvgIpc) is 3.12. The summed E-state index contributed by atoms with van der Waals surface area (Å²) in [5, 5.41) is 14.5. The molecule has 0 saturated carbocycles. The Kier molecular flexibility index (Phi) is 5.02. The molecule has 0 spiro atoms. The van der Waals surface area contributed by atoms with Crippen LogP contribution in [0.1, 0.15) is 22.8 Å². The minimum absolute atomic E-state index is 0.133. The van der Waals surface area contributed by atoms with Crippen molar-refractivity contribution in [3.63, 3.8) is 0 Å². The maximum absolute atomic E-state index is 12.2. The van der Waals surface area contributed by atoms with Gasteiger partial charge in [-0.25, -0.2) is 5.43 Å². The number of carboxylic acid groups (broad SMARTS) is 1. The molecule has 0 atom stereocenters. The number of hydrogen-bond donors (Lipinski definition) is 1. The molecule has 2 aromatic carbocycles. The molecule has 0 bridgehead atoms. The van der Waals surface area contributed by atoms with Crippen LogP contribution in [-0.2, 0) is 4.79 Å². The number of carboxylic acids is 1. The first-order valence-corrected chi connectivity index (χ1v) is 7.70. The third kappa shape index (κ3) is 4.10. The van der Waals surface area contributed by atoms with E-state index in [1.165, 1.54) is 0 Å². The molecule has 0 aromatic heterocycles. The zero-order valence-corrected chi connectivity index (χ0v) is 13.9. The van der Waals surface area contributed by atoms with Crippen LogP contribution in [0.5, 0.6) is 17.2 Å². The molecule has 0 aliphatic carbocycles. The van der Waals surface area contributed by atoms with Crippen molar-refractivity contribution >= 4 is 17.6 Å². The Morgan fingerprint density at radius 2 is 1.96 bits per heavy atom. The molecule has 3 rings (SSSR count). The molecule has 2 aromatic rings. The van der Waals surface area contributed by atoms with Crippen LogP contribution in [0.2, 0.25) is 0 Å². The van der Waals surface area contributed by atoms with Gasteiger partial charge in [-0.05, 0) is 37.3 Å². The fourth-order valence-corrected chi connectivity index (χ4v) is 2.25. The number of carbonyl (C=O) groups is 2. The van der Waals surface area contributed by atoms with Crippen molar-refractivity contribution in [2.75, 3.05) is 13.4 Å². The van der Waals surface area contributed by atoms with E-state index in [0.717, 1.165) is 0 Å². The molecule has 0 fully saturated rings. The highest BCUT2D eigenvalue weighted by molar-refractivity contribution is 6.01. The summed E-state index contributed by atoms with van der Waals surface area (Å²) in [6.45, 7) is 1.30. The second-order valence-electron chi connectivity index (χ2n) is 5.39. The molecule has 26 heavy (non-hydrogen) atoms. The molecule has 1 aliphatic heterocycles. The number of carbonyl (C=O) groups excluding carboxylic acids is 2. The van der Waals surface area contributed by atoms with Gasteiger partial charge in [-0.15, -0.1) is 0 Å². The fraction of sp³-hybridized carbons (Fsp3) is 0.167. The molecule has 1 N–H and O–H groups in total. The summed E-state index contributed by atoms with van der Waals surface area (Å²) >= 11 is 0. The number of nitrogens with zero attached hydrogens (tertiary/aromatic N) is 1. The second-order valence-corrected chi connectivity index (χ2v) is 5.39. The van der Waals surface area contributed by atoms with E-state index in [-0.39, 0.29) is 6.79 Å². The van der Waals surface area contributed by atoms with E-state index in [2.05, 4.69) is 10.5 Å². The first kappa shape index (κ1) is 17.3. The van der Waals surface area contributed by atoms with E-state index in [1.807, 2.05) is 0 Å². The van der Waals surface area contributed by atoms with Gasteiger partial charge in [0.15, 0.2) is 11.5 Å². The van der Waals surface area contributed by atoms with E-state index in [4.69, 9.17) is 14.2 Å². The van der Waals surface area contributed by atoms with Crippen molar-refractivity contribution in [2.45, 2.75) is 6.92 Å². The Hall–Kier alpha value is -3.55. The maximum atomic E-state index is 12.2. The van der Waals surface area contributed by atoms with Crippen LogP contribution >= 0.6 is 0 Å². The summed E-state index contributed by atoms with van der Waals surface area (Å²) in [7, 11) is 0. The molecule has 0 saturated heterocycles. The highest BCUT2D eigenvalue weighted by Gasteiger charge is 2.16. The summed E-state index contributed by atoms with van der Waals surface area (Å²) in [5.74, 6) is -0.238. The Morgan fingerprint density at radius 1 is 1.15 bits per heavy atom. The van der Waals surface area contributed by atoms with E-state index < -0.39 is 18.5 Å². The smallest absolute Gasteiger partial charge is 0.271 e. The Morgan fingerprint density at radius 3 is 2.77 bits per heavy atom. The Balaban J connectivity index is 1.67. The van der Waals surface area contributed by atoms with Crippen LogP contribution in [0.25, 0.3) is 0 Å². The topological polar surface area (TPSA) is 109 Å². The number of nitrogens with one attached hydrogen (secondary N) is 1. The van der Waals surface area contributed by atoms with Crippen molar-refractivity contribution in [2.24, 2.45) is 5.10 Å². The van der Waals surface area contributed by atoms with Gasteiger partial charge in [-0.1, -0.05) is 12.1 Å². The van der Waals surface area contributed by atoms with Gasteiger partial charge in [0.2, 0.25) is 6.79 Å². The lowest BCUT2D eigenvalue weighted by atomic mass is 10.1. The van der Waals surface area contributed by atoms with Crippen LogP contribution in [0, 0.1) is 0 Å². The van der Waals surface area contributed by atoms with Crippen molar-refractivity contribution < 1.29 is 28.9 Å². The largest absolute Gasteiger partial charge is 0.546 e. The van der Waals surface area contributed by atoms with E-state index >= 15 is 0 Å². The molecule has 0 radical (unpaired) electrons. The molecule has 134 valence electrons. The normalized spacial score (nSPS) is 12.6. The Labute approximate surface area is 149 Å². The second kappa shape index (κ2) is 7.56. The molecule has 8 heteroatoms. The number of hydrazone groups is 1. The number of fused-ring (bicyclic) bond motifs is 1. The van der Waals surface area contributed by atoms with Crippen LogP contribution < -0.4 is 24.7 Å². The molecule has 1 heterocycles. The van der Waals surface area contributed by atoms with Gasteiger partial charge in [-0.3, -0.25) is 4.79 Å². The Bertz CT molecular complexity index is 878. The molecular weight excluding hydrogens is 340 g/mol. The summed E-state index contributed by atoms with van der Waals surface area (Å²) < 4.78 is 15.5. The highest BCUT2D eigenvalue weighted by atomic mass is 16.7. The van der Waals surface area contributed by atoms with Gasteiger partial charge in [0.05, 0.1) is 11.7 Å². The van der Waals surface area contributed by atoms with Crippen molar-refractivity contribution in [1.82, 2.24) is 5.43 Å². The van der Waals surface area contributed by atoms with Crippen LogP contribution in [0.15, 0.2) is 47.6 Å². The van der Waals surface area contributed by atoms with E-state index in [0.29, 0.717) is 34.1 Å². The highest BCUT2D eigenvalue weighted by Crippen LogP contribution is 2.32. The van der Waals surface area contributed by atoms with E-state index in [1.54, 1.807) is 49.4 Å². The van der Waals surface area contributed by atoms with Gasteiger partial charge in [0, 0.05) is 11.1 Å². The summed E-state index contributed by atoms with van der Waals surface area (Å²) in [6, 6.07) is 11.5. The SMILES string of the molecule is C/C(=N/NC(=O)c1ccc2c(c1)OCO2)c1cccc(OCC(=O)[O-])c1. The minimum atomic E-state index is -1.31. The van der Waals surface area contributed by atoms with Gasteiger partial charge >= 0.3 is 0 Å². The number of rotatable bonds is 6. The minimum Gasteiger partial charge on any atom is -0.546 e. The number of ether oxygens (including phenoxy) is 3. The predicted molar refractivity (Wildman–Crippen MR) is 89.2 cm³/mol. The van der Waals surface area contributed by atoms with E-state index in [9.17, 15) is 14.7 Å². The van der Waals surface area contributed by atoms with Gasteiger partial charge in [-0.2, -0.15) is 5.10 Å². The lowest BCUT2D eigenvalue weighted by Gasteiger charge is -2.08. The van der Waals surface area contributed by atoms with Crippen LogP contribution in [0.4, 0.5) is 0 Å². The molecule has 0 unspecified atom stereocenters. The van der Waals surface area contributed by atoms with Gasteiger partial charge in [0.1, 0.15) is 12.4 Å². The maximum Gasteiger partial charge on any atom is 0.271 e.